The van der Waals surface area contributed by atoms with Crippen LogP contribution in [0.4, 0.5) is 0 Å². The highest BCUT2D eigenvalue weighted by atomic mass is 32.2. The van der Waals surface area contributed by atoms with E-state index >= 15 is 0 Å². The Morgan fingerprint density at radius 2 is 1.53 bits per heavy atom. The highest BCUT2D eigenvalue weighted by Crippen LogP contribution is 2.41. The molecule has 3 fully saturated rings. The Labute approximate surface area is 328 Å². The summed E-state index contributed by atoms with van der Waals surface area (Å²) in [5, 5.41) is 58.7. The van der Waals surface area contributed by atoms with E-state index in [4.69, 9.17) is 28.4 Å². The van der Waals surface area contributed by atoms with E-state index in [9.17, 15) is 38.7 Å². The van der Waals surface area contributed by atoms with Crippen molar-refractivity contribution in [2.24, 2.45) is 23.7 Å². The maximum Gasteiger partial charge on any atom is 0.311 e. The lowest BCUT2D eigenvalue weighted by Gasteiger charge is -2.49. The molecule has 0 aromatic carbocycles. The number of hydrogen-bond donors (Lipinski definition) is 6. The van der Waals surface area contributed by atoms with Crippen molar-refractivity contribution in [2.45, 2.75) is 185 Å². The van der Waals surface area contributed by atoms with Crippen molar-refractivity contribution in [1.29, 1.82) is 0 Å². The van der Waals surface area contributed by atoms with Crippen LogP contribution in [0.1, 0.15) is 94.9 Å². The maximum atomic E-state index is 14.2. The summed E-state index contributed by atoms with van der Waals surface area (Å²) in [6, 6.07) is -1.38. The molecule has 0 aliphatic carbocycles. The number of cyclic esters (lactones) is 1. The number of sulfonamides is 1. The first-order chi connectivity index (χ1) is 25.1. The number of carbonyl (C=O) groups excluding carboxylic acids is 1. The molecule has 3 aliphatic rings. The lowest BCUT2D eigenvalue weighted by Crippen LogP contribution is -2.62. The molecule has 6 N–H and O–H groups in total. The molecule has 16 nitrogen and oxygen atoms in total. The second-order valence-electron chi connectivity index (χ2n) is 17.6. The fourth-order valence-electron chi connectivity index (χ4n) is 9.08. The predicted molar refractivity (Wildman–Crippen MR) is 203 cm³/mol. The van der Waals surface area contributed by atoms with Gasteiger partial charge >= 0.3 is 5.97 Å². The monoisotopic (exact) mass is 812 g/mol. The molecule has 0 spiro atoms. The Hall–Kier alpha value is -1.06. The number of likely N-dealkylation sites (N-methyl/N-ethyl adjacent to an activating group) is 1. The van der Waals surface area contributed by atoms with Gasteiger partial charge in [-0.15, -0.1) is 0 Å². The van der Waals surface area contributed by atoms with Gasteiger partial charge in [-0.25, -0.2) is 13.1 Å². The average Bonchev–Trinajstić information content (AvgIpc) is 3.08. The van der Waals surface area contributed by atoms with Crippen LogP contribution in [0.15, 0.2) is 0 Å². The van der Waals surface area contributed by atoms with Gasteiger partial charge in [-0.1, -0.05) is 27.7 Å². The molecule has 17 heteroatoms. The molecule has 0 radical (unpaired) electrons. The molecule has 3 heterocycles. The fourth-order valence-corrected chi connectivity index (χ4v) is 10.0. The maximum absolute atomic E-state index is 14.2. The summed E-state index contributed by atoms with van der Waals surface area (Å²) in [6.07, 6.45) is -9.08. The number of aliphatic hydroxyl groups excluding tert-OH is 3. The van der Waals surface area contributed by atoms with Crippen LogP contribution in [0.5, 0.6) is 0 Å². The number of nitrogens with zero attached hydrogens (tertiary/aromatic N) is 1. The Balaban J connectivity index is 2.26. The zero-order valence-corrected chi connectivity index (χ0v) is 36.1. The molecule has 0 aromatic rings. The van der Waals surface area contributed by atoms with E-state index in [1.54, 1.807) is 48.5 Å². The highest BCUT2D eigenvalue weighted by Gasteiger charge is 2.54. The van der Waals surface area contributed by atoms with E-state index < -0.39 is 118 Å². The van der Waals surface area contributed by atoms with Crippen molar-refractivity contribution in [3.63, 3.8) is 0 Å². The van der Waals surface area contributed by atoms with Gasteiger partial charge in [-0.05, 0) is 80.8 Å². The molecular formula is C38H72N2O14S. The molecule has 3 rings (SSSR count). The number of hydrogen-bond acceptors (Lipinski definition) is 15. The minimum Gasteiger partial charge on any atom is -0.459 e. The number of esters is 1. The van der Waals surface area contributed by atoms with E-state index in [0.29, 0.717) is 6.42 Å². The van der Waals surface area contributed by atoms with Gasteiger partial charge in [0.25, 0.3) is 0 Å². The molecule has 3 aliphatic heterocycles. The summed E-state index contributed by atoms with van der Waals surface area (Å²) in [5.41, 5.74) is -4.95. The lowest BCUT2D eigenvalue weighted by molar-refractivity contribution is -0.318. The van der Waals surface area contributed by atoms with Crippen molar-refractivity contribution < 1.29 is 67.2 Å². The third kappa shape index (κ3) is 11.2. The van der Waals surface area contributed by atoms with Crippen molar-refractivity contribution in [1.82, 2.24) is 9.62 Å². The van der Waals surface area contributed by atoms with Crippen LogP contribution >= 0.6 is 0 Å². The Bertz CT molecular complexity index is 1370. The second-order valence-corrected chi connectivity index (χ2v) is 19.4. The summed E-state index contributed by atoms with van der Waals surface area (Å²) in [7, 11) is 1.26. The molecule has 0 bridgehead atoms. The van der Waals surface area contributed by atoms with Gasteiger partial charge in [-0.3, -0.25) is 4.79 Å². The molecule has 324 valence electrons. The Morgan fingerprint density at radius 3 is 2.05 bits per heavy atom. The standard InChI is InChI=1S/C38H72N2O14S/c1-15-26-38(10,46)31(42)21(4)28(39-55(14,47)48)19(2)17-36(8,45)33(54-35-29(41)25(40(11)12)16-20(3)50-35)22(5)30(23(6)34(44)52-26)53-27-18-37(9,49-13)32(43)24(7)51-27/h19-33,35,39,41-43,45-46H,15-18H2,1-14H3/t19-,20-,21+,22+,23-,24+,25+,26-,27+,28+,29-,30+,31-,32+,33-,35+,36-,37-,38-/m1/s1. The smallest absolute Gasteiger partial charge is 0.311 e. The van der Waals surface area contributed by atoms with Gasteiger partial charge in [0, 0.05) is 37.5 Å². The zero-order chi connectivity index (χ0) is 42.2. The predicted octanol–water partition coefficient (Wildman–Crippen LogP) is 1.13. The third-order valence-electron chi connectivity index (χ3n) is 12.5. The first-order valence-corrected chi connectivity index (χ1v) is 21.5. The summed E-state index contributed by atoms with van der Waals surface area (Å²) in [4.78, 5) is 16.1. The normalized spacial score (nSPS) is 48.6. The van der Waals surface area contributed by atoms with Crippen LogP contribution in [0, 0.1) is 23.7 Å². The van der Waals surface area contributed by atoms with E-state index in [0.717, 1.165) is 6.26 Å². The van der Waals surface area contributed by atoms with Gasteiger partial charge in [0.2, 0.25) is 10.0 Å². The number of methoxy groups -OCH3 is 1. The SMILES string of the molecule is CC[C@H]1OC(=O)[C@H](C)[C@@H](O[C@H]2C[C@@](C)(OC)[C@@H](O)[C@H](C)O2)[C@H](C)[C@@H](O[C@@H]2O[C@H](C)C[C@H](N(C)C)[C@H]2O)[C@](C)(O)C[C@@H](C)[C@H](NS(C)(=O)=O)[C@H](C)[C@@H](O)[C@]1(C)O. The van der Waals surface area contributed by atoms with Crippen LogP contribution < -0.4 is 4.72 Å². The minimum atomic E-state index is -3.88. The van der Waals surface area contributed by atoms with Crippen LogP contribution in [0.3, 0.4) is 0 Å². The van der Waals surface area contributed by atoms with Gasteiger partial charge < -0.3 is 58.9 Å². The molecule has 3 saturated heterocycles. The Kier molecular flexibility index (Phi) is 16.2. The van der Waals surface area contributed by atoms with Crippen molar-refractivity contribution >= 4 is 16.0 Å². The fraction of sp³-hybridized carbons (Fsp3) is 0.974. The lowest BCUT2D eigenvalue weighted by atomic mass is 9.72. The molecular weight excluding hydrogens is 740 g/mol. The van der Waals surface area contributed by atoms with E-state index in [2.05, 4.69) is 4.72 Å². The van der Waals surface area contributed by atoms with E-state index in [-0.39, 0.29) is 31.4 Å². The summed E-state index contributed by atoms with van der Waals surface area (Å²) < 4.78 is 65.5. The average molecular weight is 813 g/mol. The zero-order valence-electron chi connectivity index (χ0n) is 35.3. The minimum absolute atomic E-state index is 0.0701. The van der Waals surface area contributed by atoms with Gasteiger partial charge in [-0.2, -0.15) is 0 Å². The van der Waals surface area contributed by atoms with Crippen LogP contribution in [0.2, 0.25) is 0 Å². The molecule has 55 heavy (non-hydrogen) atoms. The number of carbonyl (C=O) groups is 1. The largest absolute Gasteiger partial charge is 0.459 e. The van der Waals surface area contributed by atoms with Gasteiger partial charge in [0.05, 0.1) is 53.9 Å². The molecule has 0 aromatic heterocycles. The summed E-state index contributed by atoms with van der Waals surface area (Å²) in [6.45, 7) is 16.4. The number of aliphatic hydroxyl groups is 5. The second kappa shape index (κ2) is 18.5. The topological polar surface area (TPSA) is 223 Å². The third-order valence-corrected chi connectivity index (χ3v) is 13.2. The van der Waals surface area contributed by atoms with Crippen molar-refractivity contribution in [3.05, 3.63) is 0 Å². The van der Waals surface area contributed by atoms with Crippen LogP contribution in [-0.2, 0) is 43.2 Å². The van der Waals surface area contributed by atoms with E-state index in [1.807, 2.05) is 25.9 Å². The molecule has 0 unspecified atom stereocenters. The van der Waals surface area contributed by atoms with Crippen LogP contribution in [-0.4, -0.2) is 163 Å². The molecule has 19 atom stereocenters. The number of rotatable bonds is 9. The quantitative estimate of drug-likeness (QED) is 0.180. The summed E-state index contributed by atoms with van der Waals surface area (Å²) >= 11 is 0. The van der Waals surface area contributed by atoms with Gasteiger partial charge in [0.15, 0.2) is 12.6 Å². The molecule has 0 saturated carbocycles. The molecule has 0 amide bonds. The number of ether oxygens (including phenoxy) is 6. The van der Waals surface area contributed by atoms with Crippen LogP contribution in [0.25, 0.3) is 0 Å². The van der Waals surface area contributed by atoms with Crippen molar-refractivity contribution in [2.75, 3.05) is 27.5 Å². The van der Waals surface area contributed by atoms with Crippen molar-refractivity contribution in [3.8, 4) is 0 Å². The number of nitrogens with one attached hydrogen (secondary N) is 1. The first-order valence-electron chi connectivity index (χ1n) is 19.6. The first kappa shape index (κ1) is 48.3. The van der Waals surface area contributed by atoms with E-state index in [1.165, 1.54) is 21.0 Å². The highest BCUT2D eigenvalue weighted by molar-refractivity contribution is 7.88. The Morgan fingerprint density at radius 1 is 0.927 bits per heavy atom. The van der Waals surface area contributed by atoms with Gasteiger partial charge in [0.1, 0.15) is 23.9 Å². The summed E-state index contributed by atoms with van der Waals surface area (Å²) in [5.74, 6) is -4.41.